The maximum absolute atomic E-state index is 14.1. The number of fused-ring (bicyclic) bond motifs is 1. The second-order valence-electron chi connectivity index (χ2n) is 10.0. The van der Waals surface area contributed by atoms with Gasteiger partial charge in [0, 0.05) is 20.8 Å². The summed E-state index contributed by atoms with van der Waals surface area (Å²) in [6.45, 7) is 7.85. The molecule has 1 aliphatic heterocycles. The first kappa shape index (κ1) is 24.9. The molecule has 0 radical (unpaired) electrons. The van der Waals surface area contributed by atoms with E-state index < -0.39 is 18.1 Å². The zero-order valence-corrected chi connectivity index (χ0v) is 22.4. The Morgan fingerprint density at radius 3 is 2.35 bits per heavy atom. The Balaban J connectivity index is 1.73. The molecule has 4 rings (SSSR count). The normalized spacial score (nSPS) is 21.7. The number of carbonyl (C=O) groups is 3. The van der Waals surface area contributed by atoms with Crippen molar-refractivity contribution in [3.05, 3.63) is 56.2 Å². The first-order valence-electron chi connectivity index (χ1n) is 11.9. The van der Waals surface area contributed by atoms with Crippen LogP contribution in [0.2, 0.25) is 0 Å². The van der Waals surface area contributed by atoms with Gasteiger partial charge in [0.25, 0.3) is 0 Å². The number of rotatable bonds is 7. The maximum Gasteiger partial charge on any atom is 0.248 e. The molecule has 2 heterocycles. The topological polar surface area (TPSA) is 78.5 Å². The Hall–Kier alpha value is -2.19. The van der Waals surface area contributed by atoms with Crippen LogP contribution in [0.25, 0.3) is 0 Å². The summed E-state index contributed by atoms with van der Waals surface area (Å²) in [4.78, 5) is 43.4. The fraction of sp³-hybridized carbons (Fsp3) is 0.500. The van der Waals surface area contributed by atoms with Gasteiger partial charge in [-0.25, -0.2) is 0 Å². The molecule has 3 amide bonds. The van der Waals surface area contributed by atoms with E-state index in [0.717, 1.165) is 22.2 Å². The second kappa shape index (κ2) is 10.2. The van der Waals surface area contributed by atoms with Crippen LogP contribution in [0.5, 0.6) is 0 Å². The zero-order chi connectivity index (χ0) is 24.6. The zero-order valence-electron chi connectivity index (χ0n) is 20.0. The van der Waals surface area contributed by atoms with Gasteiger partial charge in [0.2, 0.25) is 17.7 Å². The van der Waals surface area contributed by atoms with Crippen LogP contribution in [-0.2, 0) is 27.2 Å². The Kier molecular flexibility index (Phi) is 7.48. The summed E-state index contributed by atoms with van der Waals surface area (Å²) in [7, 11) is 0. The summed E-state index contributed by atoms with van der Waals surface area (Å²) >= 11 is 4.91. The average molecular weight is 547 g/mol. The van der Waals surface area contributed by atoms with Gasteiger partial charge in [-0.3, -0.25) is 14.4 Å². The maximum atomic E-state index is 14.1. The third kappa shape index (κ3) is 5.08. The molecular weight excluding hydrogens is 514 g/mol. The molecule has 1 saturated heterocycles. The summed E-state index contributed by atoms with van der Waals surface area (Å²) in [6, 6.07) is 7.78. The van der Waals surface area contributed by atoms with Crippen molar-refractivity contribution >= 4 is 45.0 Å². The molecule has 1 aliphatic carbocycles. The predicted octanol–water partition coefficient (Wildman–Crippen LogP) is 4.23. The molecular formula is C26H32BrN3O3S. The molecule has 0 bridgehead atoms. The third-order valence-electron chi connectivity index (χ3n) is 6.52. The largest absolute Gasteiger partial charge is 0.352 e. The molecule has 6 nitrogen and oxygen atoms in total. The number of nitrogens with one attached hydrogen (secondary N) is 2. The lowest BCUT2D eigenvalue weighted by Crippen LogP contribution is -2.67. The summed E-state index contributed by atoms with van der Waals surface area (Å²) < 4.78 is 0.854. The number of hydrogen-bond acceptors (Lipinski definition) is 4. The monoisotopic (exact) mass is 545 g/mol. The predicted molar refractivity (Wildman–Crippen MR) is 137 cm³/mol. The Morgan fingerprint density at radius 2 is 1.82 bits per heavy atom. The third-order valence-corrected chi connectivity index (χ3v) is 8.27. The van der Waals surface area contributed by atoms with E-state index in [1.807, 2.05) is 51.3 Å². The Labute approximate surface area is 213 Å². The summed E-state index contributed by atoms with van der Waals surface area (Å²) in [5.74, 6) is -0.444. The molecule has 3 unspecified atom stereocenters. The van der Waals surface area contributed by atoms with Gasteiger partial charge in [0.1, 0.15) is 18.1 Å². The molecule has 2 N–H and O–H groups in total. The van der Waals surface area contributed by atoms with Crippen molar-refractivity contribution < 1.29 is 14.4 Å². The summed E-state index contributed by atoms with van der Waals surface area (Å²) in [5, 5.41) is 7.94. The van der Waals surface area contributed by atoms with Gasteiger partial charge in [-0.2, -0.15) is 0 Å². The van der Waals surface area contributed by atoms with Crippen molar-refractivity contribution in [1.82, 2.24) is 15.5 Å². The highest BCUT2D eigenvalue weighted by atomic mass is 79.9. The van der Waals surface area contributed by atoms with Crippen LogP contribution in [0.3, 0.4) is 0 Å². The fourth-order valence-corrected chi connectivity index (χ4v) is 6.64. The summed E-state index contributed by atoms with van der Waals surface area (Å²) in [5.41, 5.74) is 2.45. The van der Waals surface area contributed by atoms with Gasteiger partial charge in [-0.15, -0.1) is 11.3 Å². The molecule has 34 heavy (non-hydrogen) atoms. The van der Waals surface area contributed by atoms with Gasteiger partial charge in [-0.1, -0.05) is 38.1 Å². The molecule has 1 fully saturated rings. The van der Waals surface area contributed by atoms with Crippen molar-refractivity contribution in [2.75, 3.05) is 0 Å². The highest BCUT2D eigenvalue weighted by Gasteiger charge is 2.49. The molecule has 182 valence electrons. The molecule has 0 spiro atoms. The first-order valence-corrected chi connectivity index (χ1v) is 13.6. The lowest BCUT2D eigenvalue weighted by Gasteiger charge is -2.44. The van der Waals surface area contributed by atoms with E-state index in [4.69, 9.17) is 0 Å². The lowest BCUT2D eigenvalue weighted by molar-refractivity contribution is -0.157. The quantitative estimate of drug-likeness (QED) is 0.546. The van der Waals surface area contributed by atoms with Crippen LogP contribution in [0.1, 0.15) is 56.2 Å². The molecule has 8 heteroatoms. The Morgan fingerprint density at radius 1 is 1.18 bits per heavy atom. The number of benzene rings is 1. The van der Waals surface area contributed by atoms with Crippen LogP contribution < -0.4 is 10.6 Å². The lowest BCUT2D eigenvalue weighted by atomic mass is 9.88. The number of amides is 3. The van der Waals surface area contributed by atoms with E-state index >= 15 is 0 Å². The second-order valence-corrected chi connectivity index (χ2v) is 11.9. The van der Waals surface area contributed by atoms with Crippen molar-refractivity contribution in [2.45, 2.75) is 71.1 Å². The van der Waals surface area contributed by atoms with Crippen molar-refractivity contribution in [2.24, 2.45) is 11.8 Å². The smallest absolute Gasteiger partial charge is 0.248 e. The van der Waals surface area contributed by atoms with E-state index in [2.05, 4.69) is 38.7 Å². The minimum absolute atomic E-state index is 0.0276. The van der Waals surface area contributed by atoms with Crippen LogP contribution in [0.15, 0.2) is 40.2 Å². The highest BCUT2D eigenvalue weighted by molar-refractivity contribution is 9.10. The van der Waals surface area contributed by atoms with Gasteiger partial charge >= 0.3 is 0 Å². The fourth-order valence-electron chi connectivity index (χ4n) is 5.10. The molecule has 2 aromatic rings. The molecule has 0 saturated carbocycles. The van der Waals surface area contributed by atoms with E-state index in [0.29, 0.717) is 6.42 Å². The summed E-state index contributed by atoms with van der Waals surface area (Å²) in [6.07, 6.45) is 1.97. The molecule has 1 aromatic heterocycles. The van der Waals surface area contributed by atoms with Crippen LogP contribution >= 0.6 is 27.3 Å². The average Bonchev–Trinajstić information content (AvgIpc) is 3.38. The minimum atomic E-state index is -0.854. The van der Waals surface area contributed by atoms with E-state index in [1.165, 1.54) is 22.5 Å². The van der Waals surface area contributed by atoms with E-state index in [9.17, 15) is 14.4 Å². The number of piperazine rings is 1. The van der Waals surface area contributed by atoms with Gasteiger partial charge in [-0.05, 0) is 78.1 Å². The SMILES string of the molecule is CC(C)CC1C(=O)NC(C2Cc3ccccc3C2)C(=O)N1C(C(=O)NC(C)C)c1cc(Br)cs1. The van der Waals surface area contributed by atoms with E-state index in [-0.39, 0.29) is 35.6 Å². The standard InChI is InChI=1S/C26H32BrN3O3S/c1-14(2)9-20-24(31)29-22(18-10-16-7-5-6-8-17(16)11-18)26(33)30(20)23(25(32)28-15(3)4)21-12-19(27)13-34-21/h5-8,12-15,18,20,22-23H,9-11H2,1-4H3,(H,28,32)(H,29,31). The first-order chi connectivity index (χ1) is 16.2. The van der Waals surface area contributed by atoms with Crippen LogP contribution in [0, 0.1) is 11.8 Å². The van der Waals surface area contributed by atoms with Gasteiger partial charge in [0.05, 0.1) is 0 Å². The number of nitrogens with zero attached hydrogens (tertiary/aromatic N) is 1. The van der Waals surface area contributed by atoms with Crippen molar-refractivity contribution in [1.29, 1.82) is 0 Å². The number of halogens is 1. The van der Waals surface area contributed by atoms with Crippen LogP contribution in [0.4, 0.5) is 0 Å². The Bertz CT molecular complexity index is 1060. The van der Waals surface area contributed by atoms with Crippen molar-refractivity contribution in [3.8, 4) is 0 Å². The number of thiophene rings is 1. The highest BCUT2D eigenvalue weighted by Crippen LogP contribution is 2.37. The van der Waals surface area contributed by atoms with Gasteiger partial charge in [0.15, 0.2) is 0 Å². The molecule has 1 aromatic carbocycles. The molecule has 2 aliphatic rings. The van der Waals surface area contributed by atoms with Crippen molar-refractivity contribution in [3.63, 3.8) is 0 Å². The number of carbonyl (C=O) groups excluding carboxylic acids is 3. The van der Waals surface area contributed by atoms with Crippen LogP contribution in [-0.4, -0.2) is 40.7 Å². The van der Waals surface area contributed by atoms with E-state index in [1.54, 1.807) is 4.90 Å². The number of hydrogen-bond donors (Lipinski definition) is 2. The minimum Gasteiger partial charge on any atom is -0.352 e. The molecule has 3 atom stereocenters. The van der Waals surface area contributed by atoms with Gasteiger partial charge < -0.3 is 15.5 Å².